The van der Waals surface area contributed by atoms with Crippen molar-refractivity contribution in [3.05, 3.63) is 10.4 Å². The first kappa shape index (κ1) is 18.9. The van der Waals surface area contributed by atoms with Gasteiger partial charge in [-0.25, -0.2) is 4.79 Å². The molecule has 2 N–H and O–H groups in total. The van der Waals surface area contributed by atoms with E-state index in [0.717, 1.165) is 0 Å². The molecule has 2 saturated heterocycles. The summed E-state index contributed by atoms with van der Waals surface area (Å²) in [6, 6.07) is -1.28. The second kappa shape index (κ2) is 7.24. The Morgan fingerprint density at radius 1 is 1.62 bits per heavy atom. The highest BCUT2D eigenvalue weighted by Gasteiger charge is 2.54. The zero-order valence-corrected chi connectivity index (χ0v) is 15.1. The molecule has 0 saturated carbocycles. The van der Waals surface area contributed by atoms with Crippen molar-refractivity contribution in [2.75, 3.05) is 6.61 Å². The van der Waals surface area contributed by atoms with Crippen molar-refractivity contribution in [3.63, 3.8) is 0 Å². The van der Waals surface area contributed by atoms with Crippen LogP contribution in [0.5, 0.6) is 0 Å². The molecule has 2 heterocycles. The molecule has 0 aromatic rings. The summed E-state index contributed by atoms with van der Waals surface area (Å²) in [7, 11) is 0. The standard InChI is InChI=1S/C13H20BrN5O5/c1-6(2)23-11-13(3,14)10(21)16-12(22)19(11)9-4-7(17-18-15)8(5-20)24-9/h6-9,11,20H,4-5H2,1-3H3,(H,16,21,22)/t7?,8-,9-,11-,13+/m1/s1. The molecule has 3 amide bonds. The van der Waals surface area contributed by atoms with E-state index in [0.29, 0.717) is 0 Å². The van der Waals surface area contributed by atoms with Gasteiger partial charge < -0.3 is 14.6 Å². The van der Waals surface area contributed by atoms with E-state index < -0.39 is 40.9 Å². The van der Waals surface area contributed by atoms with Crippen LogP contribution in [-0.4, -0.2) is 63.6 Å². The molecule has 5 atom stereocenters. The normalized spacial score (nSPS) is 36.7. The van der Waals surface area contributed by atoms with Crippen LogP contribution < -0.4 is 5.32 Å². The van der Waals surface area contributed by atoms with Crippen LogP contribution in [-0.2, 0) is 14.3 Å². The van der Waals surface area contributed by atoms with Gasteiger partial charge in [0.25, 0.3) is 0 Å². The molecule has 2 rings (SSSR count). The van der Waals surface area contributed by atoms with Crippen molar-refractivity contribution >= 4 is 27.9 Å². The van der Waals surface area contributed by atoms with Gasteiger partial charge >= 0.3 is 6.03 Å². The Labute approximate surface area is 147 Å². The molecule has 0 aromatic carbocycles. The SMILES string of the molecule is CC(C)O[C@H]1N([C@H]2CC(N=[N+]=[N-])[C@@H](CO)O2)C(=O)NC(=O)[C@]1(C)Br. The second-order valence-electron chi connectivity index (χ2n) is 6.10. The predicted molar refractivity (Wildman–Crippen MR) is 86.0 cm³/mol. The number of hydrogen-bond acceptors (Lipinski definition) is 6. The van der Waals surface area contributed by atoms with Crippen LogP contribution in [0.25, 0.3) is 10.4 Å². The van der Waals surface area contributed by atoms with Gasteiger partial charge in [0, 0.05) is 11.3 Å². The topological polar surface area (TPSA) is 137 Å². The van der Waals surface area contributed by atoms with Gasteiger partial charge in [0.05, 0.1) is 24.9 Å². The lowest BCUT2D eigenvalue weighted by Gasteiger charge is -2.45. The van der Waals surface area contributed by atoms with Crippen LogP contribution in [0.15, 0.2) is 5.11 Å². The van der Waals surface area contributed by atoms with E-state index in [9.17, 15) is 14.7 Å². The Kier molecular flexibility index (Phi) is 5.71. The number of alkyl halides is 1. The number of urea groups is 1. The number of carbonyl (C=O) groups is 2. The van der Waals surface area contributed by atoms with E-state index in [1.807, 2.05) is 0 Å². The van der Waals surface area contributed by atoms with Crippen LogP contribution in [0, 0.1) is 0 Å². The number of amides is 3. The van der Waals surface area contributed by atoms with Crippen LogP contribution >= 0.6 is 15.9 Å². The summed E-state index contributed by atoms with van der Waals surface area (Å²) < 4.78 is 10.3. The number of nitrogens with one attached hydrogen (secondary N) is 1. The summed E-state index contributed by atoms with van der Waals surface area (Å²) in [5.41, 5.74) is 8.63. The Morgan fingerprint density at radius 2 is 2.29 bits per heavy atom. The Morgan fingerprint density at radius 3 is 2.83 bits per heavy atom. The molecule has 0 aliphatic carbocycles. The van der Waals surface area contributed by atoms with E-state index in [-0.39, 0.29) is 19.1 Å². The quantitative estimate of drug-likeness (QED) is 0.306. The lowest BCUT2D eigenvalue weighted by atomic mass is 10.0. The van der Waals surface area contributed by atoms with E-state index in [4.69, 9.17) is 15.0 Å². The van der Waals surface area contributed by atoms with Gasteiger partial charge in [-0.3, -0.25) is 15.0 Å². The number of aliphatic hydroxyl groups excluding tert-OH is 1. The molecule has 0 aromatic heterocycles. The van der Waals surface area contributed by atoms with E-state index in [1.54, 1.807) is 20.8 Å². The van der Waals surface area contributed by atoms with E-state index >= 15 is 0 Å². The molecule has 0 spiro atoms. The predicted octanol–water partition coefficient (Wildman–Crippen LogP) is 1.23. The zero-order chi connectivity index (χ0) is 18.1. The third kappa shape index (κ3) is 3.50. The maximum absolute atomic E-state index is 12.4. The fraction of sp³-hybridized carbons (Fsp3) is 0.846. The summed E-state index contributed by atoms with van der Waals surface area (Å²) in [6.07, 6.45) is -2.51. The highest BCUT2D eigenvalue weighted by Crippen LogP contribution is 2.36. The van der Waals surface area contributed by atoms with E-state index in [2.05, 4.69) is 31.3 Å². The number of hydrogen-bond donors (Lipinski definition) is 2. The fourth-order valence-electron chi connectivity index (χ4n) is 2.73. The average Bonchev–Trinajstić information content (AvgIpc) is 2.88. The van der Waals surface area contributed by atoms with Crippen molar-refractivity contribution in [2.24, 2.45) is 5.11 Å². The fourth-order valence-corrected chi connectivity index (χ4v) is 3.16. The molecule has 134 valence electrons. The van der Waals surface area contributed by atoms with Gasteiger partial charge in [0.15, 0.2) is 6.23 Å². The van der Waals surface area contributed by atoms with E-state index in [1.165, 1.54) is 4.90 Å². The Balaban J connectivity index is 2.32. The first-order chi connectivity index (χ1) is 11.2. The molecule has 24 heavy (non-hydrogen) atoms. The highest BCUT2D eigenvalue weighted by atomic mass is 79.9. The van der Waals surface area contributed by atoms with Gasteiger partial charge in [-0.2, -0.15) is 0 Å². The average molecular weight is 406 g/mol. The first-order valence-corrected chi connectivity index (χ1v) is 8.30. The Hall–Kier alpha value is -1.39. The van der Waals surface area contributed by atoms with Crippen molar-refractivity contribution in [2.45, 2.75) is 62.2 Å². The molecule has 11 heteroatoms. The molecule has 2 aliphatic heterocycles. The highest BCUT2D eigenvalue weighted by molar-refractivity contribution is 9.10. The van der Waals surface area contributed by atoms with Crippen molar-refractivity contribution in [3.8, 4) is 0 Å². The summed E-state index contributed by atoms with van der Waals surface area (Å²) >= 11 is 3.33. The van der Waals surface area contributed by atoms with Gasteiger partial charge in [0.1, 0.15) is 10.6 Å². The maximum atomic E-state index is 12.4. The number of ether oxygens (including phenoxy) is 2. The van der Waals surface area contributed by atoms with Crippen molar-refractivity contribution in [1.82, 2.24) is 10.2 Å². The third-order valence-electron chi connectivity index (χ3n) is 3.91. The minimum atomic E-state index is -1.18. The lowest BCUT2D eigenvalue weighted by molar-refractivity contribution is -0.168. The number of halogens is 1. The van der Waals surface area contributed by atoms with Gasteiger partial charge in [0.2, 0.25) is 5.91 Å². The molecule has 10 nitrogen and oxygen atoms in total. The maximum Gasteiger partial charge on any atom is 0.328 e. The van der Waals surface area contributed by atoms with Crippen LogP contribution in [0.1, 0.15) is 27.2 Å². The lowest BCUT2D eigenvalue weighted by Crippen LogP contribution is -2.69. The summed E-state index contributed by atoms with van der Waals surface area (Å²) in [6.45, 7) is 4.81. The molecule has 0 bridgehead atoms. The van der Waals surface area contributed by atoms with Gasteiger partial charge in [-0.05, 0) is 26.3 Å². The number of carbonyl (C=O) groups excluding carboxylic acids is 2. The van der Waals surface area contributed by atoms with Crippen molar-refractivity contribution in [1.29, 1.82) is 0 Å². The molecule has 2 fully saturated rings. The second-order valence-corrected chi connectivity index (χ2v) is 7.75. The number of imide groups is 1. The zero-order valence-electron chi connectivity index (χ0n) is 13.5. The summed E-state index contributed by atoms with van der Waals surface area (Å²) in [4.78, 5) is 28.5. The largest absolute Gasteiger partial charge is 0.394 e. The number of nitrogens with zero attached hydrogens (tertiary/aromatic N) is 4. The molecular weight excluding hydrogens is 386 g/mol. The Bertz CT molecular complexity index is 565. The van der Waals surface area contributed by atoms with Gasteiger partial charge in [-0.15, -0.1) is 0 Å². The molecule has 0 radical (unpaired) electrons. The van der Waals surface area contributed by atoms with Crippen molar-refractivity contribution < 1.29 is 24.2 Å². The molecule has 1 unspecified atom stereocenters. The van der Waals surface area contributed by atoms with Gasteiger partial charge in [-0.1, -0.05) is 21.0 Å². The third-order valence-corrected chi connectivity index (χ3v) is 4.66. The minimum Gasteiger partial charge on any atom is -0.394 e. The first-order valence-electron chi connectivity index (χ1n) is 7.51. The number of aliphatic hydroxyl groups is 1. The minimum absolute atomic E-state index is 0.192. The summed E-state index contributed by atoms with van der Waals surface area (Å²) in [5.74, 6) is -0.516. The summed E-state index contributed by atoms with van der Waals surface area (Å²) in [5, 5.41) is 15.2. The number of azide groups is 1. The van der Waals surface area contributed by atoms with Crippen LogP contribution in [0.2, 0.25) is 0 Å². The monoisotopic (exact) mass is 405 g/mol. The molecular formula is C13H20BrN5O5. The molecule has 2 aliphatic rings. The van der Waals surface area contributed by atoms with Crippen LogP contribution in [0.3, 0.4) is 0 Å². The smallest absolute Gasteiger partial charge is 0.328 e. The van der Waals surface area contributed by atoms with Crippen LogP contribution in [0.4, 0.5) is 4.79 Å². The number of rotatable bonds is 5.